The summed E-state index contributed by atoms with van der Waals surface area (Å²) in [7, 11) is 1.69. The first kappa shape index (κ1) is 16.2. The van der Waals surface area contributed by atoms with E-state index in [1.165, 1.54) is 11.1 Å². The van der Waals surface area contributed by atoms with Crippen molar-refractivity contribution in [1.82, 2.24) is 10.1 Å². The van der Waals surface area contributed by atoms with Gasteiger partial charge >= 0.3 is 0 Å². The second-order valence-corrected chi connectivity index (χ2v) is 5.78. The molecule has 0 fully saturated rings. The van der Waals surface area contributed by atoms with Crippen LogP contribution in [0.5, 0.6) is 0 Å². The Morgan fingerprint density at radius 1 is 1.08 bits per heavy atom. The van der Waals surface area contributed by atoms with E-state index in [1.807, 2.05) is 49.4 Å². The summed E-state index contributed by atoms with van der Waals surface area (Å²) in [5, 5.41) is 7.31. The first-order valence-electron chi connectivity index (χ1n) is 7.95. The zero-order valence-corrected chi connectivity index (χ0v) is 13.9. The van der Waals surface area contributed by atoms with Gasteiger partial charge in [0.25, 0.3) is 11.8 Å². The van der Waals surface area contributed by atoms with E-state index in [0.717, 1.165) is 12.0 Å². The van der Waals surface area contributed by atoms with Crippen molar-refractivity contribution in [3.63, 3.8) is 0 Å². The SMILES string of the molecule is COCC(Cc1ccccc1)Nc1noc(-c2ccc(C)cc2)n1. The minimum absolute atomic E-state index is 0.0702. The summed E-state index contributed by atoms with van der Waals surface area (Å²) in [6.45, 7) is 2.60. The van der Waals surface area contributed by atoms with Crippen molar-refractivity contribution < 1.29 is 9.26 Å². The number of ether oxygens (including phenoxy) is 1. The molecule has 5 nitrogen and oxygen atoms in total. The van der Waals surface area contributed by atoms with Crippen LogP contribution in [0.4, 0.5) is 5.95 Å². The molecule has 1 heterocycles. The van der Waals surface area contributed by atoms with Crippen LogP contribution in [0.1, 0.15) is 11.1 Å². The van der Waals surface area contributed by atoms with E-state index >= 15 is 0 Å². The molecule has 0 bridgehead atoms. The van der Waals surface area contributed by atoms with Crippen LogP contribution in [0, 0.1) is 6.92 Å². The fourth-order valence-corrected chi connectivity index (χ4v) is 2.53. The van der Waals surface area contributed by atoms with Crippen molar-refractivity contribution in [3.05, 3.63) is 65.7 Å². The molecule has 1 N–H and O–H groups in total. The van der Waals surface area contributed by atoms with Crippen LogP contribution in [0.2, 0.25) is 0 Å². The topological polar surface area (TPSA) is 60.2 Å². The van der Waals surface area contributed by atoms with Gasteiger partial charge in [-0.1, -0.05) is 48.0 Å². The lowest BCUT2D eigenvalue weighted by Gasteiger charge is -2.16. The van der Waals surface area contributed by atoms with Crippen molar-refractivity contribution in [2.75, 3.05) is 19.0 Å². The lowest BCUT2D eigenvalue weighted by atomic mass is 10.1. The van der Waals surface area contributed by atoms with Gasteiger partial charge in [-0.15, -0.1) is 0 Å². The van der Waals surface area contributed by atoms with Gasteiger partial charge in [0.1, 0.15) is 0 Å². The highest BCUT2D eigenvalue weighted by Crippen LogP contribution is 2.19. The fraction of sp³-hybridized carbons (Fsp3) is 0.263. The van der Waals surface area contributed by atoms with E-state index in [-0.39, 0.29) is 6.04 Å². The Morgan fingerprint density at radius 2 is 1.83 bits per heavy atom. The van der Waals surface area contributed by atoms with Crippen LogP contribution in [-0.4, -0.2) is 29.9 Å². The fourth-order valence-electron chi connectivity index (χ4n) is 2.53. The normalized spacial score (nSPS) is 12.1. The minimum Gasteiger partial charge on any atom is -0.383 e. The maximum atomic E-state index is 5.36. The molecule has 0 aliphatic heterocycles. The van der Waals surface area contributed by atoms with Gasteiger partial charge in [0.2, 0.25) is 0 Å². The molecule has 2 aromatic carbocycles. The third-order valence-electron chi connectivity index (χ3n) is 3.75. The van der Waals surface area contributed by atoms with Crippen molar-refractivity contribution >= 4 is 5.95 Å². The molecule has 1 aromatic heterocycles. The van der Waals surface area contributed by atoms with Crippen LogP contribution in [-0.2, 0) is 11.2 Å². The molecule has 1 atom stereocenters. The number of benzene rings is 2. The molecule has 1 unspecified atom stereocenters. The Bertz CT molecular complexity index is 754. The molecule has 0 aliphatic rings. The molecule has 3 rings (SSSR count). The monoisotopic (exact) mass is 323 g/mol. The smallest absolute Gasteiger partial charge is 0.264 e. The van der Waals surface area contributed by atoms with E-state index in [0.29, 0.717) is 18.4 Å². The number of anilines is 1. The van der Waals surface area contributed by atoms with Crippen molar-refractivity contribution in [2.24, 2.45) is 0 Å². The summed E-state index contributed by atoms with van der Waals surface area (Å²) in [5.74, 6) is 0.983. The highest BCUT2D eigenvalue weighted by Gasteiger charge is 2.14. The Morgan fingerprint density at radius 3 is 2.54 bits per heavy atom. The number of nitrogens with one attached hydrogen (secondary N) is 1. The summed E-state index contributed by atoms with van der Waals surface area (Å²) in [6, 6.07) is 18.3. The first-order valence-corrected chi connectivity index (χ1v) is 7.95. The van der Waals surface area contributed by atoms with Crippen LogP contribution in [0.3, 0.4) is 0 Å². The molecule has 0 amide bonds. The van der Waals surface area contributed by atoms with Gasteiger partial charge in [-0.3, -0.25) is 0 Å². The molecule has 0 saturated heterocycles. The van der Waals surface area contributed by atoms with Gasteiger partial charge in [0.05, 0.1) is 12.6 Å². The van der Waals surface area contributed by atoms with Gasteiger partial charge in [0, 0.05) is 12.7 Å². The summed E-state index contributed by atoms with van der Waals surface area (Å²) < 4.78 is 10.7. The van der Waals surface area contributed by atoms with Crippen molar-refractivity contribution in [2.45, 2.75) is 19.4 Å². The molecule has 0 spiro atoms. The molecular formula is C19H21N3O2. The van der Waals surface area contributed by atoms with Gasteiger partial charge in [0.15, 0.2) is 0 Å². The number of aryl methyl sites for hydroxylation is 1. The Hall–Kier alpha value is -2.66. The summed E-state index contributed by atoms with van der Waals surface area (Å²) in [6.07, 6.45) is 0.823. The lowest BCUT2D eigenvalue weighted by molar-refractivity contribution is 0.185. The van der Waals surface area contributed by atoms with E-state index in [2.05, 4.69) is 27.6 Å². The van der Waals surface area contributed by atoms with E-state index < -0.39 is 0 Å². The second kappa shape index (κ2) is 7.75. The zero-order chi connectivity index (χ0) is 16.8. The van der Waals surface area contributed by atoms with Crippen LogP contribution in [0.25, 0.3) is 11.5 Å². The molecule has 124 valence electrons. The number of hydrogen-bond acceptors (Lipinski definition) is 5. The van der Waals surface area contributed by atoms with Crippen LogP contribution >= 0.6 is 0 Å². The van der Waals surface area contributed by atoms with Crippen molar-refractivity contribution in [3.8, 4) is 11.5 Å². The quantitative estimate of drug-likeness (QED) is 0.718. The molecule has 0 radical (unpaired) electrons. The highest BCUT2D eigenvalue weighted by atomic mass is 16.5. The van der Waals surface area contributed by atoms with Gasteiger partial charge < -0.3 is 14.6 Å². The van der Waals surface area contributed by atoms with Gasteiger partial charge in [-0.05, 0) is 36.2 Å². The first-order chi connectivity index (χ1) is 11.7. The number of hydrogen-bond donors (Lipinski definition) is 1. The zero-order valence-electron chi connectivity index (χ0n) is 13.9. The maximum absolute atomic E-state index is 5.36. The Balaban J connectivity index is 1.70. The molecule has 0 aliphatic carbocycles. The average Bonchev–Trinajstić information content (AvgIpc) is 3.05. The predicted molar refractivity (Wildman–Crippen MR) is 93.9 cm³/mol. The number of rotatable bonds is 7. The van der Waals surface area contributed by atoms with E-state index in [1.54, 1.807) is 7.11 Å². The third kappa shape index (κ3) is 4.20. The maximum Gasteiger partial charge on any atom is 0.264 e. The molecule has 0 saturated carbocycles. The molecular weight excluding hydrogens is 302 g/mol. The van der Waals surface area contributed by atoms with Crippen molar-refractivity contribution in [1.29, 1.82) is 0 Å². The Labute approximate surface area is 141 Å². The largest absolute Gasteiger partial charge is 0.383 e. The third-order valence-corrected chi connectivity index (χ3v) is 3.75. The molecule has 5 heteroatoms. The van der Waals surface area contributed by atoms with Gasteiger partial charge in [-0.25, -0.2) is 0 Å². The second-order valence-electron chi connectivity index (χ2n) is 5.78. The number of nitrogens with zero attached hydrogens (tertiary/aromatic N) is 2. The van der Waals surface area contributed by atoms with E-state index in [4.69, 9.17) is 9.26 Å². The summed E-state index contributed by atoms with van der Waals surface area (Å²) in [5.41, 5.74) is 3.33. The number of aromatic nitrogens is 2. The Kier molecular flexibility index (Phi) is 5.23. The standard InChI is InChI=1S/C19H21N3O2/c1-14-8-10-16(11-9-14)18-21-19(22-24-18)20-17(13-23-2)12-15-6-4-3-5-7-15/h3-11,17H,12-13H2,1-2H3,(H,20,22). The average molecular weight is 323 g/mol. The molecule has 3 aromatic rings. The predicted octanol–water partition coefficient (Wildman–Crippen LogP) is 3.71. The number of methoxy groups -OCH3 is 1. The summed E-state index contributed by atoms with van der Waals surface area (Å²) >= 11 is 0. The van der Waals surface area contributed by atoms with Crippen LogP contribution in [0.15, 0.2) is 59.1 Å². The van der Waals surface area contributed by atoms with Gasteiger partial charge in [-0.2, -0.15) is 4.98 Å². The minimum atomic E-state index is 0.0702. The van der Waals surface area contributed by atoms with Crippen LogP contribution < -0.4 is 5.32 Å². The highest BCUT2D eigenvalue weighted by molar-refractivity contribution is 5.54. The summed E-state index contributed by atoms with van der Waals surface area (Å²) in [4.78, 5) is 4.43. The lowest BCUT2D eigenvalue weighted by Crippen LogP contribution is -2.28. The van der Waals surface area contributed by atoms with E-state index in [9.17, 15) is 0 Å². The molecule has 24 heavy (non-hydrogen) atoms.